The van der Waals surface area contributed by atoms with Gasteiger partial charge in [-0.3, -0.25) is 9.69 Å². The zero-order chi connectivity index (χ0) is 24.4. The number of thiazole rings is 1. The zero-order valence-electron chi connectivity index (χ0n) is 19.6. The lowest BCUT2D eigenvalue weighted by Gasteiger charge is -2.25. The van der Waals surface area contributed by atoms with Crippen LogP contribution in [0.15, 0.2) is 66.0 Å². The number of benzene rings is 2. The third kappa shape index (κ3) is 4.82. The van der Waals surface area contributed by atoms with Gasteiger partial charge in [-0.05, 0) is 54.9 Å². The fourth-order valence-corrected chi connectivity index (χ4v) is 5.82. The van der Waals surface area contributed by atoms with Gasteiger partial charge in [0.1, 0.15) is 5.82 Å². The maximum Gasteiger partial charge on any atom is 0.260 e. The van der Waals surface area contributed by atoms with Crippen LogP contribution in [0, 0.1) is 5.82 Å². The van der Waals surface area contributed by atoms with Gasteiger partial charge in [-0.2, -0.15) is 0 Å². The van der Waals surface area contributed by atoms with E-state index in [4.69, 9.17) is 9.97 Å². The van der Waals surface area contributed by atoms with E-state index in [9.17, 15) is 9.18 Å². The molecule has 0 radical (unpaired) electrons. The van der Waals surface area contributed by atoms with Crippen LogP contribution in [0.25, 0.3) is 31.7 Å². The molecule has 5 nitrogen and oxygen atoms in total. The molecule has 5 aromatic rings. The van der Waals surface area contributed by atoms with E-state index in [1.54, 1.807) is 22.3 Å². The lowest BCUT2D eigenvalue weighted by atomic mass is 10.1. The van der Waals surface area contributed by atoms with Crippen molar-refractivity contribution in [2.75, 3.05) is 31.1 Å². The second-order valence-corrected chi connectivity index (χ2v) is 10.1. The number of nitrogens with zero attached hydrogens (tertiary/aromatic N) is 4. The molecule has 0 saturated carbocycles. The predicted octanol–water partition coefficient (Wildman–Crippen LogP) is 6.70. The van der Waals surface area contributed by atoms with E-state index in [1.165, 1.54) is 23.5 Å². The Hall–Kier alpha value is -3.20. The summed E-state index contributed by atoms with van der Waals surface area (Å²) in [5.41, 5.74) is 2.82. The quantitative estimate of drug-likeness (QED) is 0.236. The lowest BCUT2D eigenvalue weighted by Crippen LogP contribution is -2.39. The van der Waals surface area contributed by atoms with E-state index >= 15 is 0 Å². The molecule has 178 valence electrons. The van der Waals surface area contributed by atoms with Crippen molar-refractivity contribution in [3.8, 4) is 10.6 Å². The first-order chi connectivity index (χ1) is 17.1. The molecule has 0 N–H and O–H groups in total. The number of carbonyl (C=O) groups excluding carboxylic acids is 1. The fourth-order valence-electron chi connectivity index (χ4n) is 4.12. The van der Waals surface area contributed by atoms with Gasteiger partial charge in [-0.1, -0.05) is 49.4 Å². The second kappa shape index (κ2) is 10.2. The van der Waals surface area contributed by atoms with Crippen LogP contribution < -0.4 is 4.90 Å². The number of hydrogen-bond donors (Lipinski definition) is 0. The Morgan fingerprint density at radius 1 is 0.943 bits per heavy atom. The average Bonchev–Trinajstić information content (AvgIpc) is 3.56. The van der Waals surface area contributed by atoms with Crippen molar-refractivity contribution in [2.45, 2.75) is 13.8 Å². The first kappa shape index (κ1) is 23.5. The second-order valence-electron chi connectivity index (χ2n) is 8.14. The smallest absolute Gasteiger partial charge is 0.260 e. The largest absolute Gasteiger partial charge is 0.302 e. The number of carbonyl (C=O) groups is 1. The molecule has 0 bridgehead atoms. The first-order valence-electron chi connectivity index (χ1n) is 11.6. The van der Waals surface area contributed by atoms with E-state index in [2.05, 4.69) is 18.7 Å². The Bertz CT molecular complexity index is 1480. The summed E-state index contributed by atoms with van der Waals surface area (Å²) >= 11 is 2.93. The number of aromatic nitrogens is 2. The van der Waals surface area contributed by atoms with Crippen LogP contribution >= 0.6 is 22.7 Å². The van der Waals surface area contributed by atoms with Crippen LogP contribution in [0.5, 0.6) is 0 Å². The highest BCUT2D eigenvalue weighted by molar-refractivity contribution is 7.22. The van der Waals surface area contributed by atoms with Crippen LogP contribution in [0.3, 0.4) is 0 Å². The molecule has 35 heavy (non-hydrogen) atoms. The molecule has 0 unspecified atom stereocenters. The summed E-state index contributed by atoms with van der Waals surface area (Å²) in [7, 11) is 0. The Morgan fingerprint density at radius 2 is 1.77 bits per heavy atom. The predicted molar refractivity (Wildman–Crippen MR) is 144 cm³/mol. The van der Waals surface area contributed by atoms with Crippen molar-refractivity contribution in [1.29, 1.82) is 0 Å². The van der Waals surface area contributed by atoms with Crippen LogP contribution in [0.4, 0.5) is 9.52 Å². The normalized spacial score (nSPS) is 11.5. The van der Waals surface area contributed by atoms with Gasteiger partial charge in [-0.25, -0.2) is 14.4 Å². The first-order valence-corrected chi connectivity index (χ1v) is 13.3. The van der Waals surface area contributed by atoms with E-state index in [1.807, 2.05) is 47.8 Å². The number of thiophene rings is 1. The summed E-state index contributed by atoms with van der Waals surface area (Å²) < 4.78 is 14.6. The van der Waals surface area contributed by atoms with Crippen molar-refractivity contribution in [1.82, 2.24) is 14.9 Å². The molecule has 0 saturated heterocycles. The number of rotatable bonds is 8. The number of hydrogen-bond acceptors (Lipinski definition) is 6. The molecule has 3 aromatic heterocycles. The van der Waals surface area contributed by atoms with Crippen molar-refractivity contribution in [3.05, 3.63) is 77.4 Å². The molecule has 0 aliphatic rings. The van der Waals surface area contributed by atoms with Crippen LogP contribution in [-0.2, 0) is 0 Å². The third-order valence-electron chi connectivity index (χ3n) is 6.07. The van der Waals surface area contributed by atoms with Gasteiger partial charge in [0.25, 0.3) is 5.91 Å². The summed E-state index contributed by atoms with van der Waals surface area (Å²) in [6.45, 7) is 7.20. The number of fused-ring (bicyclic) bond motifs is 2. The number of likely N-dealkylation sites (N-methyl/N-ethyl adjacent to an activating group) is 1. The average molecular weight is 505 g/mol. The molecule has 0 aliphatic carbocycles. The van der Waals surface area contributed by atoms with Gasteiger partial charge < -0.3 is 4.90 Å². The fraction of sp³-hybridized carbons (Fsp3) is 0.222. The van der Waals surface area contributed by atoms with Gasteiger partial charge >= 0.3 is 0 Å². The molecule has 3 heterocycles. The molecule has 0 spiro atoms. The van der Waals surface area contributed by atoms with Gasteiger partial charge in [-0.15, -0.1) is 11.3 Å². The maximum absolute atomic E-state index is 14.2. The van der Waals surface area contributed by atoms with E-state index < -0.39 is 0 Å². The molecule has 0 fully saturated rings. The van der Waals surface area contributed by atoms with Gasteiger partial charge in [0.15, 0.2) is 5.13 Å². The SMILES string of the molecule is CCN(CC)CCN(C(=O)c1cc(-c2cccs2)nc2ccccc12)c1nc2ccc(F)cc2s1. The molecule has 1 amide bonds. The van der Waals surface area contributed by atoms with E-state index in [0.29, 0.717) is 29.3 Å². The van der Waals surface area contributed by atoms with Crippen molar-refractivity contribution in [2.24, 2.45) is 0 Å². The van der Waals surface area contributed by atoms with Crippen molar-refractivity contribution in [3.63, 3.8) is 0 Å². The molecular formula is C27H25FN4OS2. The Kier molecular flexibility index (Phi) is 6.86. The van der Waals surface area contributed by atoms with E-state index in [-0.39, 0.29) is 11.7 Å². The third-order valence-corrected chi connectivity index (χ3v) is 8.00. The highest BCUT2D eigenvalue weighted by Gasteiger charge is 2.25. The Morgan fingerprint density at radius 3 is 2.54 bits per heavy atom. The Labute approximate surface area is 211 Å². The minimum absolute atomic E-state index is 0.131. The summed E-state index contributed by atoms with van der Waals surface area (Å²) in [5.74, 6) is -0.442. The van der Waals surface area contributed by atoms with Gasteiger partial charge in [0.05, 0.1) is 31.9 Å². The zero-order valence-corrected chi connectivity index (χ0v) is 21.2. The van der Waals surface area contributed by atoms with Crippen LogP contribution in [-0.4, -0.2) is 47.0 Å². The summed E-state index contributed by atoms with van der Waals surface area (Å²) in [4.78, 5) is 28.7. The monoisotopic (exact) mass is 504 g/mol. The number of amides is 1. The number of para-hydroxylation sites is 1. The van der Waals surface area contributed by atoms with E-state index in [0.717, 1.165) is 39.3 Å². The Balaban J connectivity index is 1.62. The van der Waals surface area contributed by atoms with Crippen molar-refractivity contribution >= 4 is 54.8 Å². The van der Waals surface area contributed by atoms with Crippen molar-refractivity contribution < 1.29 is 9.18 Å². The number of anilines is 1. The summed E-state index contributed by atoms with van der Waals surface area (Å²) in [6.07, 6.45) is 0. The maximum atomic E-state index is 14.2. The minimum Gasteiger partial charge on any atom is -0.302 e. The number of pyridine rings is 1. The van der Waals surface area contributed by atoms with Gasteiger partial charge in [0.2, 0.25) is 0 Å². The molecule has 2 aromatic carbocycles. The highest BCUT2D eigenvalue weighted by Crippen LogP contribution is 2.33. The summed E-state index contributed by atoms with van der Waals surface area (Å²) in [5, 5.41) is 3.38. The molecule has 0 atom stereocenters. The molecule has 5 rings (SSSR count). The van der Waals surface area contributed by atoms with Crippen LogP contribution in [0.2, 0.25) is 0 Å². The highest BCUT2D eigenvalue weighted by atomic mass is 32.1. The minimum atomic E-state index is -0.311. The number of halogens is 1. The van der Waals surface area contributed by atoms with Gasteiger partial charge in [0, 0.05) is 18.5 Å². The molecule has 8 heteroatoms. The lowest BCUT2D eigenvalue weighted by molar-refractivity contribution is 0.0985. The standard InChI is InChI=1S/C27H25FN4OS2/c1-3-31(4-2)13-14-32(27-30-22-12-11-18(28)16-25(22)35-27)26(33)20-17-23(24-10-7-15-34-24)29-21-9-6-5-8-19(20)21/h5-12,15-17H,3-4,13-14H2,1-2H3. The molecular weight excluding hydrogens is 479 g/mol. The molecule has 0 aliphatic heterocycles. The van der Waals surface area contributed by atoms with Crippen LogP contribution in [0.1, 0.15) is 24.2 Å². The summed E-state index contributed by atoms with van der Waals surface area (Å²) in [6, 6.07) is 18.1. The topological polar surface area (TPSA) is 49.3 Å².